The van der Waals surface area contributed by atoms with Crippen molar-refractivity contribution in [3.8, 4) is 5.75 Å². The van der Waals surface area contributed by atoms with Crippen molar-refractivity contribution in [3.05, 3.63) is 35.4 Å². The first kappa shape index (κ1) is 11.5. The quantitative estimate of drug-likeness (QED) is 0.741. The Bertz CT molecular complexity index is 380. The second kappa shape index (κ2) is 5.32. The fourth-order valence-corrected chi connectivity index (χ4v) is 1.24. The van der Waals surface area contributed by atoms with Crippen LogP contribution >= 0.6 is 0 Å². The van der Waals surface area contributed by atoms with Crippen LogP contribution in [-0.2, 0) is 0 Å². The monoisotopic (exact) mass is 206 g/mol. The Hall–Kier alpha value is -1.61. The van der Waals surface area contributed by atoms with Crippen LogP contribution in [0.5, 0.6) is 5.75 Å². The Morgan fingerprint density at radius 3 is 2.73 bits per heavy atom. The summed E-state index contributed by atoms with van der Waals surface area (Å²) in [6.45, 7) is 1.52. The number of aliphatic hydroxyl groups excluding tert-OH is 1. The summed E-state index contributed by atoms with van der Waals surface area (Å²) in [4.78, 5) is 11.0. The third-order valence-electron chi connectivity index (χ3n) is 2.01. The molecule has 80 valence electrons. The Balaban J connectivity index is 2.87. The van der Waals surface area contributed by atoms with Gasteiger partial charge in [0.1, 0.15) is 5.75 Å². The molecule has 0 aromatic heterocycles. The Labute approximate surface area is 88.7 Å². The average Bonchev–Trinajstić information content (AvgIpc) is 2.17. The van der Waals surface area contributed by atoms with Crippen molar-refractivity contribution in [2.45, 2.75) is 13.3 Å². The molecule has 1 aromatic carbocycles. The maximum absolute atomic E-state index is 11.0. The molecule has 0 heterocycles. The van der Waals surface area contributed by atoms with Crippen LogP contribution in [0.1, 0.15) is 29.3 Å². The van der Waals surface area contributed by atoms with Crippen molar-refractivity contribution >= 4 is 11.9 Å². The van der Waals surface area contributed by atoms with E-state index in [2.05, 4.69) is 0 Å². The molecule has 0 fully saturated rings. The number of phenolic OH excluding ortho intramolecular Hbond substituents is 1. The topological polar surface area (TPSA) is 57.5 Å². The van der Waals surface area contributed by atoms with E-state index in [0.717, 1.165) is 5.56 Å². The molecule has 0 spiro atoms. The van der Waals surface area contributed by atoms with Crippen LogP contribution in [-0.4, -0.2) is 22.6 Å². The molecule has 0 bridgehead atoms. The molecule has 0 atom stereocenters. The van der Waals surface area contributed by atoms with Crippen LogP contribution in [0.25, 0.3) is 6.08 Å². The highest BCUT2D eigenvalue weighted by atomic mass is 16.3. The molecule has 1 aromatic rings. The van der Waals surface area contributed by atoms with Crippen molar-refractivity contribution in [3.63, 3.8) is 0 Å². The Kier molecular flexibility index (Phi) is 4.06. The summed E-state index contributed by atoms with van der Waals surface area (Å²) in [7, 11) is 0. The van der Waals surface area contributed by atoms with Crippen molar-refractivity contribution < 1.29 is 15.0 Å². The van der Waals surface area contributed by atoms with Gasteiger partial charge < -0.3 is 10.2 Å². The van der Waals surface area contributed by atoms with Crippen LogP contribution in [0.4, 0.5) is 0 Å². The second-order valence-electron chi connectivity index (χ2n) is 3.25. The van der Waals surface area contributed by atoms with Crippen molar-refractivity contribution in [1.29, 1.82) is 0 Å². The number of ketones is 1. The van der Waals surface area contributed by atoms with Crippen LogP contribution < -0.4 is 0 Å². The van der Waals surface area contributed by atoms with E-state index in [4.69, 9.17) is 5.11 Å². The molecule has 2 N–H and O–H groups in total. The SMILES string of the molecule is CC(=O)c1ccc(C=CCCO)cc1O. The molecule has 0 saturated carbocycles. The summed E-state index contributed by atoms with van der Waals surface area (Å²) in [5.41, 5.74) is 1.14. The average molecular weight is 206 g/mol. The van der Waals surface area contributed by atoms with E-state index in [9.17, 15) is 9.90 Å². The van der Waals surface area contributed by atoms with E-state index in [0.29, 0.717) is 12.0 Å². The highest BCUT2D eigenvalue weighted by Crippen LogP contribution is 2.20. The third-order valence-corrected chi connectivity index (χ3v) is 2.01. The lowest BCUT2D eigenvalue weighted by Crippen LogP contribution is -1.92. The van der Waals surface area contributed by atoms with E-state index in [1.807, 2.05) is 6.08 Å². The minimum absolute atomic E-state index is 0.00588. The standard InChI is InChI=1S/C12H14O3/c1-9(14)11-6-5-10(8-12(11)15)4-2-3-7-13/h2,4-6,8,13,15H,3,7H2,1H3. The van der Waals surface area contributed by atoms with Gasteiger partial charge in [0.25, 0.3) is 0 Å². The molecule has 0 unspecified atom stereocenters. The molecule has 0 aliphatic heterocycles. The smallest absolute Gasteiger partial charge is 0.163 e. The van der Waals surface area contributed by atoms with Gasteiger partial charge in [0.05, 0.1) is 5.56 Å². The molecule has 0 radical (unpaired) electrons. The van der Waals surface area contributed by atoms with Crippen LogP contribution in [0.3, 0.4) is 0 Å². The van der Waals surface area contributed by atoms with Crippen LogP contribution in [0, 0.1) is 0 Å². The highest BCUT2D eigenvalue weighted by molar-refractivity contribution is 5.96. The van der Waals surface area contributed by atoms with E-state index < -0.39 is 0 Å². The van der Waals surface area contributed by atoms with Gasteiger partial charge in [-0.2, -0.15) is 0 Å². The minimum atomic E-state index is -0.154. The first-order valence-corrected chi connectivity index (χ1v) is 4.76. The number of hydrogen-bond donors (Lipinski definition) is 2. The number of Topliss-reactive ketones (excluding diaryl/α,β-unsaturated/α-hetero) is 1. The fourth-order valence-electron chi connectivity index (χ4n) is 1.24. The normalized spacial score (nSPS) is 10.8. The second-order valence-corrected chi connectivity index (χ2v) is 3.25. The van der Waals surface area contributed by atoms with Gasteiger partial charge in [0.2, 0.25) is 0 Å². The lowest BCUT2D eigenvalue weighted by molar-refractivity contribution is 0.101. The van der Waals surface area contributed by atoms with Crippen LogP contribution in [0.2, 0.25) is 0 Å². The third kappa shape index (κ3) is 3.22. The number of phenols is 1. The first-order chi connectivity index (χ1) is 7.15. The van der Waals surface area contributed by atoms with E-state index in [-0.39, 0.29) is 18.1 Å². The van der Waals surface area contributed by atoms with E-state index in [1.54, 1.807) is 18.2 Å². The maximum Gasteiger partial charge on any atom is 0.163 e. The zero-order chi connectivity index (χ0) is 11.3. The Morgan fingerprint density at radius 1 is 1.47 bits per heavy atom. The summed E-state index contributed by atoms with van der Waals surface area (Å²) in [5, 5.41) is 18.1. The number of carbonyl (C=O) groups is 1. The summed E-state index contributed by atoms with van der Waals surface area (Å²) in [5.74, 6) is -0.160. The summed E-state index contributed by atoms with van der Waals surface area (Å²) in [6, 6.07) is 4.88. The predicted octanol–water partition coefficient (Wildman–Crippen LogP) is 1.99. The zero-order valence-corrected chi connectivity index (χ0v) is 8.60. The highest BCUT2D eigenvalue weighted by Gasteiger charge is 2.05. The van der Waals surface area contributed by atoms with Crippen molar-refractivity contribution in [2.75, 3.05) is 6.61 Å². The van der Waals surface area contributed by atoms with E-state index in [1.165, 1.54) is 13.0 Å². The lowest BCUT2D eigenvalue weighted by atomic mass is 10.1. The number of rotatable bonds is 4. The molecule has 1 rings (SSSR count). The molecule has 3 heteroatoms. The minimum Gasteiger partial charge on any atom is -0.507 e. The van der Waals surface area contributed by atoms with Gasteiger partial charge in [-0.15, -0.1) is 0 Å². The largest absolute Gasteiger partial charge is 0.507 e. The van der Waals surface area contributed by atoms with Gasteiger partial charge in [0.15, 0.2) is 5.78 Å². The predicted molar refractivity (Wildman–Crippen MR) is 58.8 cm³/mol. The van der Waals surface area contributed by atoms with Gasteiger partial charge >= 0.3 is 0 Å². The zero-order valence-electron chi connectivity index (χ0n) is 8.60. The number of carbonyl (C=O) groups excluding carboxylic acids is 1. The van der Waals surface area contributed by atoms with Crippen LogP contribution in [0.15, 0.2) is 24.3 Å². The van der Waals surface area contributed by atoms with Gasteiger partial charge in [0, 0.05) is 6.61 Å². The van der Waals surface area contributed by atoms with Gasteiger partial charge in [-0.1, -0.05) is 18.2 Å². The molecule has 0 aliphatic carbocycles. The molecule has 3 nitrogen and oxygen atoms in total. The number of benzene rings is 1. The molecular formula is C12H14O3. The first-order valence-electron chi connectivity index (χ1n) is 4.76. The van der Waals surface area contributed by atoms with Crippen molar-refractivity contribution in [2.24, 2.45) is 0 Å². The summed E-state index contributed by atoms with van der Waals surface area (Å²) >= 11 is 0. The maximum atomic E-state index is 11.0. The van der Waals surface area contributed by atoms with Gasteiger partial charge in [-0.05, 0) is 31.0 Å². The Morgan fingerprint density at radius 2 is 2.20 bits per heavy atom. The number of aromatic hydroxyl groups is 1. The van der Waals surface area contributed by atoms with Gasteiger partial charge in [-0.25, -0.2) is 0 Å². The lowest BCUT2D eigenvalue weighted by Gasteiger charge is -2.01. The molecule has 0 saturated heterocycles. The number of hydrogen-bond acceptors (Lipinski definition) is 3. The molecule has 0 aliphatic rings. The van der Waals surface area contributed by atoms with Crippen molar-refractivity contribution in [1.82, 2.24) is 0 Å². The fraction of sp³-hybridized carbons (Fsp3) is 0.250. The molecular weight excluding hydrogens is 192 g/mol. The van der Waals surface area contributed by atoms with E-state index >= 15 is 0 Å². The molecule has 15 heavy (non-hydrogen) atoms. The van der Waals surface area contributed by atoms with Gasteiger partial charge in [-0.3, -0.25) is 4.79 Å². The number of aliphatic hydroxyl groups is 1. The molecule has 0 amide bonds. The summed E-state index contributed by atoms with van der Waals surface area (Å²) < 4.78 is 0. The summed E-state index contributed by atoms with van der Waals surface area (Å²) in [6.07, 6.45) is 4.18.